The fourth-order valence-electron chi connectivity index (χ4n) is 3.65. The Balaban J connectivity index is 1.39. The van der Waals surface area contributed by atoms with Gasteiger partial charge in [0.2, 0.25) is 0 Å². The first-order chi connectivity index (χ1) is 13.2. The first kappa shape index (κ1) is 17.5. The van der Waals surface area contributed by atoms with Crippen LogP contribution in [-0.4, -0.2) is 29.9 Å². The van der Waals surface area contributed by atoms with Crippen molar-refractivity contribution in [3.8, 4) is 0 Å². The molecule has 0 spiro atoms. The van der Waals surface area contributed by atoms with Crippen LogP contribution in [0.2, 0.25) is 0 Å². The molecule has 0 radical (unpaired) electrons. The molecule has 3 aromatic rings. The molecule has 0 unspecified atom stereocenters. The van der Waals surface area contributed by atoms with Crippen molar-refractivity contribution in [2.75, 3.05) is 13.1 Å². The van der Waals surface area contributed by atoms with E-state index in [4.69, 9.17) is 4.42 Å². The maximum atomic E-state index is 12.7. The van der Waals surface area contributed by atoms with E-state index in [0.717, 1.165) is 32.5 Å². The minimum Gasteiger partial charge on any atom is -0.430 e. The number of hydrogen-bond donors (Lipinski definition) is 1. The Labute approximate surface area is 157 Å². The SMILES string of the molecule is O=C(NC1CCN(Cc2ccccc2)CC1)c1coc(=O)c2ccccc12. The smallest absolute Gasteiger partial charge is 0.343 e. The van der Waals surface area contributed by atoms with E-state index < -0.39 is 5.63 Å². The fourth-order valence-corrected chi connectivity index (χ4v) is 3.65. The van der Waals surface area contributed by atoms with Crippen LogP contribution >= 0.6 is 0 Å². The van der Waals surface area contributed by atoms with Gasteiger partial charge < -0.3 is 9.73 Å². The summed E-state index contributed by atoms with van der Waals surface area (Å²) in [5, 5.41) is 4.17. The molecule has 1 aliphatic heterocycles. The van der Waals surface area contributed by atoms with Gasteiger partial charge in [0.1, 0.15) is 6.26 Å². The zero-order chi connectivity index (χ0) is 18.6. The Kier molecular flexibility index (Phi) is 5.03. The first-order valence-corrected chi connectivity index (χ1v) is 9.28. The Morgan fingerprint density at radius 1 is 1.00 bits per heavy atom. The highest BCUT2D eigenvalue weighted by Gasteiger charge is 2.22. The highest BCUT2D eigenvalue weighted by Crippen LogP contribution is 2.18. The molecular weight excluding hydrogens is 340 g/mol. The molecule has 1 aromatic heterocycles. The number of piperidine rings is 1. The zero-order valence-electron chi connectivity index (χ0n) is 15.1. The molecule has 5 heteroatoms. The number of fused-ring (bicyclic) bond motifs is 1. The van der Waals surface area contributed by atoms with E-state index in [1.165, 1.54) is 11.8 Å². The number of hydrogen-bond acceptors (Lipinski definition) is 4. The fraction of sp³-hybridized carbons (Fsp3) is 0.273. The maximum absolute atomic E-state index is 12.7. The number of amides is 1. The van der Waals surface area contributed by atoms with Crippen LogP contribution in [0.15, 0.2) is 70.1 Å². The van der Waals surface area contributed by atoms with Gasteiger partial charge in [-0.1, -0.05) is 48.5 Å². The summed E-state index contributed by atoms with van der Waals surface area (Å²) >= 11 is 0. The Bertz CT molecular complexity index is 989. The van der Waals surface area contributed by atoms with Crippen LogP contribution < -0.4 is 10.9 Å². The Morgan fingerprint density at radius 3 is 2.41 bits per heavy atom. The normalized spacial score (nSPS) is 15.7. The van der Waals surface area contributed by atoms with Crippen molar-refractivity contribution in [1.82, 2.24) is 10.2 Å². The van der Waals surface area contributed by atoms with Crippen LogP contribution in [0.5, 0.6) is 0 Å². The summed E-state index contributed by atoms with van der Waals surface area (Å²) in [6.07, 6.45) is 3.09. The third-order valence-electron chi connectivity index (χ3n) is 5.14. The van der Waals surface area contributed by atoms with Crippen LogP contribution in [0.25, 0.3) is 10.8 Å². The summed E-state index contributed by atoms with van der Waals surface area (Å²) in [6.45, 7) is 2.84. The number of nitrogens with one attached hydrogen (secondary N) is 1. The molecule has 138 valence electrons. The standard InChI is InChI=1S/C22H22N2O3/c25-21(20-15-27-22(26)19-9-5-4-8-18(19)20)23-17-10-12-24(13-11-17)14-16-6-2-1-3-7-16/h1-9,15,17H,10-14H2,(H,23,25). The minimum absolute atomic E-state index is 0.134. The maximum Gasteiger partial charge on any atom is 0.343 e. The van der Waals surface area contributed by atoms with E-state index >= 15 is 0 Å². The highest BCUT2D eigenvalue weighted by atomic mass is 16.4. The number of carbonyl (C=O) groups excluding carboxylic acids is 1. The number of likely N-dealkylation sites (tertiary alicyclic amines) is 1. The lowest BCUT2D eigenvalue weighted by Crippen LogP contribution is -2.44. The molecule has 1 amide bonds. The minimum atomic E-state index is -0.420. The molecule has 4 rings (SSSR count). The molecule has 0 atom stereocenters. The third-order valence-corrected chi connectivity index (χ3v) is 5.14. The molecule has 2 aromatic carbocycles. The second kappa shape index (κ2) is 7.76. The first-order valence-electron chi connectivity index (χ1n) is 9.28. The monoisotopic (exact) mass is 362 g/mol. The molecule has 1 N–H and O–H groups in total. The van der Waals surface area contributed by atoms with Gasteiger partial charge in [-0.05, 0) is 24.5 Å². The molecular formula is C22H22N2O3. The molecule has 0 bridgehead atoms. The van der Waals surface area contributed by atoms with Crippen LogP contribution in [-0.2, 0) is 6.54 Å². The topological polar surface area (TPSA) is 62.6 Å². The molecule has 1 aliphatic rings. The van der Waals surface area contributed by atoms with Crippen LogP contribution in [0.1, 0.15) is 28.8 Å². The highest BCUT2D eigenvalue weighted by molar-refractivity contribution is 6.06. The van der Waals surface area contributed by atoms with Gasteiger partial charge in [-0.3, -0.25) is 9.69 Å². The Hall–Kier alpha value is -2.92. The molecule has 1 fully saturated rings. The lowest BCUT2D eigenvalue weighted by molar-refractivity contribution is 0.0908. The summed E-state index contributed by atoms with van der Waals surface area (Å²) in [4.78, 5) is 27.0. The number of rotatable bonds is 4. The molecule has 27 heavy (non-hydrogen) atoms. The van der Waals surface area contributed by atoms with E-state index in [1.54, 1.807) is 18.2 Å². The van der Waals surface area contributed by atoms with Gasteiger partial charge in [-0.25, -0.2) is 4.79 Å². The van der Waals surface area contributed by atoms with E-state index in [2.05, 4.69) is 34.5 Å². The van der Waals surface area contributed by atoms with Gasteiger partial charge in [0.25, 0.3) is 5.91 Å². The van der Waals surface area contributed by atoms with Gasteiger partial charge in [-0.15, -0.1) is 0 Å². The summed E-state index contributed by atoms with van der Waals surface area (Å²) in [5.74, 6) is -0.184. The van der Waals surface area contributed by atoms with Crippen molar-refractivity contribution in [1.29, 1.82) is 0 Å². The van der Waals surface area contributed by atoms with Crippen molar-refractivity contribution >= 4 is 16.7 Å². The van der Waals surface area contributed by atoms with Crippen molar-refractivity contribution in [2.24, 2.45) is 0 Å². The average molecular weight is 362 g/mol. The second-order valence-corrected chi connectivity index (χ2v) is 6.99. The quantitative estimate of drug-likeness (QED) is 0.774. The number of carbonyl (C=O) groups is 1. The predicted molar refractivity (Wildman–Crippen MR) is 105 cm³/mol. The zero-order valence-corrected chi connectivity index (χ0v) is 15.1. The average Bonchev–Trinajstić information content (AvgIpc) is 2.71. The van der Waals surface area contributed by atoms with Crippen LogP contribution in [0.4, 0.5) is 0 Å². The lowest BCUT2D eigenvalue weighted by Gasteiger charge is -2.32. The largest absolute Gasteiger partial charge is 0.430 e. The van der Waals surface area contributed by atoms with Crippen LogP contribution in [0, 0.1) is 0 Å². The van der Waals surface area contributed by atoms with Crippen LogP contribution in [0.3, 0.4) is 0 Å². The summed E-state index contributed by atoms with van der Waals surface area (Å²) in [6, 6.07) is 17.6. The molecule has 0 saturated carbocycles. The second-order valence-electron chi connectivity index (χ2n) is 6.99. The molecule has 1 saturated heterocycles. The third kappa shape index (κ3) is 3.93. The van der Waals surface area contributed by atoms with Gasteiger partial charge in [0.05, 0.1) is 10.9 Å². The van der Waals surface area contributed by atoms with Gasteiger partial charge in [-0.2, -0.15) is 0 Å². The summed E-state index contributed by atoms with van der Waals surface area (Å²) in [5.41, 5.74) is 1.30. The summed E-state index contributed by atoms with van der Waals surface area (Å²) in [7, 11) is 0. The predicted octanol–water partition coefficient (Wildman–Crippen LogP) is 3.19. The number of nitrogens with zero attached hydrogens (tertiary/aromatic N) is 1. The molecule has 0 aliphatic carbocycles. The van der Waals surface area contributed by atoms with Gasteiger partial charge in [0.15, 0.2) is 0 Å². The van der Waals surface area contributed by atoms with Crippen molar-refractivity contribution < 1.29 is 9.21 Å². The number of benzene rings is 2. The lowest BCUT2D eigenvalue weighted by atomic mass is 10.0. The van der Waals surface area contributed by atoms with Crippen molar-refractivity contribution in [3.05, 3.63) is 82.4 Å². The van der Waals surface area contributed by atoms with E-state index in [1.807, 2.05) is 12.1 Å². The van der Waals surface area contributed by atoms with Crippen molar-refractivity contribution in [3.63, 3.8) is 0 Å². The van der Waals surface area contributed by atoms with Crippen molar-refractivity contribution in [2.45, 2.75) is 25.4 Å². The Morgan fingerprint density at radius 2 is 1.67 bits per heavy atom. The summed E-state index contributed by atoms with van der Waals surface area (Å²) < 4.78 is 5.04. The van der Waals surface area contributed by atoms with E-state index in [-0.39, 0.29) is 11.9 Å². The van der Waals surface area contributed by atoms with Gasteiger partial charge in [0, 0.05) is 31.1 Å². The van der Waals surface area contributed by atoms with Gasteiger partial charge >= 0.3 is 5.63 Å². The van der Waals surface area contributed by atoms with E-state index in [0.29, 0.717) is 16.3 Å². The molecule has 2 heterocycles. The molecule has 5 nitrogen and oxygen atoms in total. The van der Waals surface area contributed by atoms with E-state index in [9.17, 15) is 9.59 Å².